The summed E-state index contributed by atoms with van der Waals surface area (Å²) in [6, 6.07) is 11.3. The van der Waals surface area contributed by atoms with Crippen LogP contribution in [0.4, 0.5) is 4.39 Å². The van der Waals surface area contributed by atoms with Crippen molar-refractivity contribution < 1.29 is 17.6 Å². The molecule has 0 atom stereocenters. The Kier molecular flexibility index (Phi) is 5.42. The SMILES string of the molecule is CN(C)S(=O)(=O)c1cccc(C(=O)N/N=C\c2cccc(F)c2)c1. The summed E-state index contributed by atoms with van der Waals surface area (Å²) >= 11 is 0. The number of hydrogen-bond donors (Lipinski definition) is 1. The second kappa shape index (κ2) is 7.33. The molecule has 0 saturated carbocycles. The predicted molar refractivity (Wildman–Crippen MR) is 88.8 cm³/mol. The van der Waals surface area contributed by atoms with Crippen LogP contribution in [0.2, 0.25) is 0 Å². The molecule has 24 heavy (non-hydrogen) atoms. The molecule has 0 aromatic heterocycles. The second-order valence-electron chi connectivity index (χ2n) is 5.07. The molecule has 1 amide bonds. The molecule has 0 aliphatic carbocycles. The highest BCUT2D eigenvalue weighted by Gasteiger charge is 2.18. The molecule has 0 radical (unpaired) electrons. The molecule has 1 N–H and O–H groups in total. The lowest BCUT2D eigenvalue weighted by atomic mass is 10.2. The van der Waals surface area contributed by atoms with Gasteiger partial charge < -0.3 is 0 Å². The first-order valence-electron chi connectivity index (χ1n) is 6.92. The van der Waals surface area contributed by atoms with E-state index < -0.39 is 21.7 Å². The molecule has 8 heteroatoms. The number of hydrazone groups is 1. The minimum absolute atomic E-state index is 0.00857. The fraction of sp³-hybridized carbons (Fsp3) is 0.125. The van der Waals surface area contributed by atoms with Crippen LogP contribution in [0.15, 0.2) is 58.5 Å². The van der Waals surface area contributed by atoms with Crippen LogP contribution < -0.4 is 5.43 Å². The maximum Gasteiger partial charge on any atom is 0.271 e. The first kappa shape index (κ1) is 17.8. The summed E-state index contributed by atoms with van der Waals surface area (Å²) in [5.74, 6) is -0.981. The van der Waals surface area contributed by atoms with Gasteiger partial charge in [-0.15, -0.1) is 0 Å². The van der Waals surface area contributed by atoms with Gasteiger partial charge in [-0.3, -0.25) is 4.79 Å². The zero-order valence-electron chi connectivity index (χ0n) is 13.1. The van der Waals surface area contributed by atoms with Crippen molar-refractivity contribution in [3.05, 3.63) is 65.5 Å². The number of amides is 1. The summed E-state index contributed by atoms with van der Waals surface area (Å²) in [7, 11) is -0.812. The molecule has 2 rings (SSSR count). The van der Waals surface area contributed by atoms with E-state index in [1.54, 1.807) is 6.07 Å². The monoisotopic (exact) mass is 349 g/mol. The lowest BCUT2D eigenvalue weighted by Gasteiger charge is -2.11. The van der Waals surface area contributed by atoms with Crippen LogP contribution in [0.1, 0.15) is 15.9 Å². The zero-order chi connectivity index (χ0) is 17.7. The molecule has 0 bridgehead atoms. The molecule has 0 unspecified atom stereocenters. The van der Waals surface area contributed by atoms with E-state index in [1.165, 1.54) is 62.8 Å². The fourth-order valence-electron chi connectivity index (χ4n) is 1.83. The number of halogens is 1. The Bertz CT molecular complexity index is 880. The fourth-order valence-corrected chi connectivity index (χ4v) is 2.77. The van der Waals surface area contributed by atoms with Crippen molar-refractivity contribution in [2.24, 2.45) is 5.10 Å². The highest BCUT2D eigenvalue weighted by atomic mass is 32.2. The number of hydrogen-bond acceptors (Lipinski definition) is 4. The van der Waals surface area contributed by atoms with E-state index in [-0.39, 0.29) is 10.5 Å². The average Bonchev–Trinajstić information content (AvgIpc) is 2.55. The van der Waals surface area contributed by atoms with Crippen LogP contribution in [-0.2, 0) is 10.0 Å². The van der Waals surface area contributed by atoms with Gasteiger partial charge in [0.15, 0.2) is 0 Å². The second-order valence-corrected chi connectivity index (χ2v) is 7.22. The highest BCUT2D eigenvalue weighted by molar-refractivity contribution is 7.89. The van der Waals surface area contributed by atoms with Crippen LogP contribution in [0, 0.1) is 5.82 Å². The molecule has 0 heterocycles. The standard InChI is InChI=1S/C16H16FN3O3S/c1-20(2)24(22,23)15-8-4-6-13(10-15)16(21)19-18-11-12-5-3-7-14(17)9-12/h3-11H,1-2H3,(H,19,21)/b18-11-. The van der Waals surface area contributed by atoms with Gasteiger partial charge in [-0.1, -0.05) is 18.2 Å². The third-order valence-corrected chi connectivity index (χ3v) is 4.91. The largest absolute Gasteiger partial charge is 0.271 e. The zero-order valence-corrected chi connectivity index (χ0v) is 13.9. The average molecular weight is 349 g/mol. The molecule has 0 aliphatic heterocycles. The Hall–Kier alpha value is -2.58. The smallest absolute Gasteiger partial charge is 0.267 e. The van der Waals surface area contributed by atoms with Gasteiger partial charge in [-0.05, 0) is 35.9 Å². The summed E-state index contributed by atoms with van der Waals surface area (Å²) in [4.78, 5) is 12.1. The first-order valence-corrected chi connectivity index (χ1v) is 8.36. The summed E-state index contributed by atoms with van der Waals surface area (Å²) < 4.78 is 38.2. The van der Waals surface area contributed by atoms with Gasteiger partial charge in [0.25, 0.3) is 5.91 Å². The van der Waals surface area contributed by atoms with E-state index >= 15 is 0 Å². The minimum Gasteiger partial charge on any atom is -0.267 e. The Morgan fingerprint density at radius 2 is 1.88 bits per heavy atom. The Morgan fingerprint density at radius 3 is 2.54 bits per heavy atom. The van der Waals surface area contributed by atoms with Crippen LogP contribution in [-0.4, -0.2) is 38.9 Å². The molecule has 2 aromatic carbocycles. The third kappa shape index (κ3) is 4.24. The van der Waals surface area contributed by atoms with Crippen molar-refractivity contribution in [3.63, 3.8) is 0 Å². The lowest BCUT2D eigenvalue weighted by molar-refractivity contribution is 0.0955. The highest BCUT2D eigenvalue weighted by Crippen LogP contribution is 2.14. The molecule has 0 spiro atoms. The molecule has 0 fully saturated rings. The molecule has 0 saturated heterocycles. The molecular weight excluding hydrogens is 333 g/mol. The first-order chi connectivity index (χ1) is 11.3. The van der Waals surface area contributed by atoms with Crippen LogP contribution in [0.5, 0.6) is 0 Å². The molecular formula is C16H16FN3O3S. The Balaban J connectivity index is 2.13. The van der Waals surface area contributed by atoms with Crippen molar-refractivity contribution in [2.75, 3.05) is 14.1 Å². The van der Waals surface area contributed by atoms with Crippen molar-refractivity contribution >= 4 is 22.1 Å². The van der Waals surface area contributed by atoms with Crippen molar-refractivity contribution in [2.45, 2.75) is 4.90 Å². The summed E-state index contributed by atoms with van der Waals surface area (Å²) in [5.41, 5.74) is 2.91. The molecule has 0 aliphatic rings. The van der Waals surface area contributed by atoms with Crippen molar-refractivity contribution in [1.82, 2.24) is 9.73 Å². The van der Waals surface area contributed by atoms with E-state index in [0.717, 1.165) is 4.31 Å². The van der Waals surface area contributed by atoms with Crippen molar-refractivity contribution in [1.29, 1.82) is 0 Å². The predicted octanol–water partition coefficient (Wildman–Crippen LogP) is 1.84. The molecule has 6 nitrogen and oxygen atoms in total. The number of carbonyl (C=O) groups excluding carboxylic acids is 1. The summed E-state index contributed by atoms with van der Waals surface area (Å²) in [5, 5.41) is 3.73. The van der Waals surface area contributed by atoms with Gasteiger partial charge in [-0.2, -0.15) is 5.10 Å². The Morgan fingerprint density at radius 1 is 1.17 bits per heavy atom. The number of carbonyl (C=O) groups is 1. The summed E-state index contributed by atoms with van der Waals surface area (Å²) in [6.45, 7) is 0. The molecule has 2 aromatic rings. The van der Waals surface area contributed by atoms with Crippen LogP contribution in [0.25, 0.3) is 0 Å². The number of nitrogens with one attached hydrogen (secondary N) is 1. The maximum absolute atomic E-state index is 13.0. The topological polar surface area (TPSA) is 78.8 Å². The number of rotatable bonds is 5. The van der Waals surface area contributed by atoms with Crippen molar-refractivity contribution in [3.8, 4) is 0 Å². The van der Waals surface area contributed by atoms with Gasteiger partial charge in [0.2, 0.25) is 10.0 Å². The maximum atomic E-state index is 13.0. The van der Waals surface area contributed by atoms with E-state index in [2.05, 4.69) is 10.5 Å². The van der Waals surface area contributed by atoms with Gasteiger partial charge in [-0.25, -0.2) is 22.5 Å². The van der Waals surface area contributed by atoms with Gasteiger partial charge in [0.1, 0.15) is 5.82 Å². The lowest BCUT2D eigenvalue weighted by Crippen LogP contribution is -2.23. The quantitative estimate of drug-likeness (QED) is 0.661. The van der Waals surface area contributed by atoms with Gasteiger partial charge in [0, 0.05) is 19.7 Å². The van der Waals surface area contributed by atoms with E-state index in [4.69, 9.17) is 0 Å². The van der Waals surface area contributed by atoms with E-state index in [0.29, 0.717) is 5.56 Å². The number of nitrogens with zero attached hydrogens (tertiary/aromatic N) is 2. The van der Waals surface area contributed by atoms with E-state index in [9.17, 15) is 17.6 Å². The normalized spacial score (nSPS) is 11.8. The van der Waals surface area contributed by atoms with Crippen LogP contribution in [0.3, 0.4) is 0 Å². The van der Waals surface area contributed by atoms with Crippen LogP contribution >= 0.6 is 0 Å². The third-order valence-electron chi connectivity index (χ3n) is 3.10. The number of benzene rings is 2. The van der Waals surface area contributed by atoms with E-state index in [1.807, 2.05) is 0 Å². The molecule has 126 valence electrons. The van der Waals surface area contributed by atoms with Gasteiger partial charge in [0.05, 0.1) is 11.1 Å². The van der Waals surface area contributed by atoms with Gasteiger partial charge >= 0.3 is 0 Å². The number of sulfonamides is 1. The Labute approximate surface area is 139 Å². The summed E-state index contributed by atoms with van der Waals surface area (Å²) in [6.07, 6.45) is 1.29. The minimum atomic E-state index is -3.63.